The third-order valence-electron chi connectivity index (χ3n) is 0.592. The highest BCUT2D eigenvalue weighted by Gasteiger charge is 1.87. The van der Waals surface area contributed by atoms with E-state index in [1.54, 1.807) is 6.92 Å². The molecule has 0 aliphatic carbocycles. The van der Waals surface area contributed by atoms with E-state index >= 15 is 0 Å². The monoisotopic (exact) mass is 86.1 g/mol. The van der Waals surface area contributed by atoms with Gasteiger partial charge in [-0.25, -0.2) is 0 Å². The van der Waals surface area contributed by atoms with Crippen LogP contribution in [-0.2, 0) is 4.79 Å². The van der Waals surface area contributed by atoms with Gasteiger partial charge >= 0.3 is 0 Å². The van der Waals surface area contributed by atoms with Crippen molar-refractivity contribution in [2.45, 2.75) is 13.3 Å². The highest BCUT2D eigenvalue weighted by atomic mass is 16.1. The molecule has 0 bridgehead atoms. The molecule has 0 aromatic rings. The standard InChI is InChI=1S/C4H8NO/c1-2-4(6)3-5/h5H,2-3H2,1H3. The molecule has 2 nitrogen and oxygen atoms in total. The van der Waals surface area contributed by atoms with E-state index < -0.39 is 0 Å². The van der Waals surface area contributed by atoms with Gasteiger partial charge in [-0.3, -0.25) is 10.5 Å². The van der Waals surface area contributed by atoms with Crippen LogP contribution < -0.4 is 5.73 Å². The zero-order chi connectivity index (χ0) is 4.99. The summed E-state index contributed by atoms with van der Waals surface area (Å²) in [5.41, 5.74) is 6.46. The molecule has 0 fully saturated rings. The van der Waals surface area contributed by atoms with Crippen LogP contribution in [0.2, 0.25) is 0 Å². The predicted molar refractivity (Wildman–Crippen MR) is 23.3 cm³/mol. The molecule has 35 valence electrons. The van der Waals surface area contributed by atoms with Crippen molar-refractivity contribution in [1.82, 2.24) is 5.73 Å². The van der Waals surface area contributed by atoms with Gasteiger partial charge in [-0.1, -0.05) is 6.92 Å². The molecule has 0 aromatic carbocycles. The van der Waals surface area contributed by atoms with Crippen molar-refractivity contribution in [1.29, 1.82) is 0 Å². The van der Waals surface area contributed by atoms with E-state index in [1.807, 2.05) is 0 Å². The van der Waals surface area contributed by atoms with Crippen LogP contribution in [0.15, 0.2) is 0 Å². The molecule has 1 radical (unpaired) electrons. The van der Waals surface area contributed by atoms with Crippen LogP contribution in [0.5, 0.6) is 0 Å². The van der Waals surface area contributed by atoms with Gasteiger partial charge in [-0.2, -0.15) is 0 Å². The molecule has 0 aromatic heterocycles. The van der Waals surface area contributed by atoms with Crippen LogP contribution in [-0.4, -0.2) is 12.3 Å². The van der Waals surface area contributed by atoms with E-state index in [-0.39, 0.29) is 12.3 Å². The molecular weight excluding hydrogens is 78.1 g/mol. The molecule has 0 spiro atoms. The molecule has 1 N–H and O–H groups in total. The van der Waals surface area contributed by atoms with Gasteiger partial charge in [0.1, 0.15) is 5.78 Å². The van der Waals surface area contributed by atoms with E-state index in [9.17, 15) is 4.79 Å². The molecule has 0 aliphatic heterocycles. The Labute approximate surface area is 37.3 Å². The Morgan fingerprint density at radius 3 is 2.33 bits per heavy atom. The summed E-state index contributed by atoms with van der Waals surface area (Å²) >= 11 is 0. The Balaban J connectivity index is 2.99. The van der Waals surface area contributed by atoms with Crippen molar-refractivity contribution in [3.05, 3.63) is 0 Å². The molecular formula is C4H8NO. The molecule has 0 atom stereocenters. The Morgan fingerprint density at radius 2 is 2.33 bits per heavy atom. The summed E-state index contributed by atoms with van der Waals surface area (Å²) in [5, 5.41) is 0. The van der Waals surface area contributed by atoms with Crippen molar-refractivity contribution in [3.63, 3.8) is 0 Å². The number of nitrogens with one attached hydrogen (secondary N) is 1. The van der Waals surface area contributed by atoms with E-state index in [2.05, 4.69) is 0 Å². The molecule has 0 unspecified atom stereocenters. The lowest BCUT2D eigenvalue weighted by atomic mass is 10.3. The fourth-order valence-electron chi connectivity index (χ4n) is 0.125. The highest BCUT2D eigenvalue weighted by Crippen LogP contribution is 1.73. The van der Waals surface area contributed by atoms with Crippen LogP contribution in [0.1, 0.15) is 13.3 Å². The van der Waals surface area contributed by atoms with Crippen molar-refractivity contribution in [3.8, 4) is 0 Å². The fraction of sp³-hybridized carbons (Fsp3) is 0.750. The average molecular weight is 86.1 g/mol. The summed E-state index contributed by atoms with van der Waals surface area (Å²) in [6.07, 6.45) is 0.503. The minimum absolute atomic E-state index is 0.00926. The van der Waals surface area contributed by atoms with Gasteiger partial charge in [0.15, 0.2) is 0 Å². The van der Waals surface area contributed by atoms with Crippen LogP contribution in [0.25, 0.3) is 0 Å². The van der Waals surface area contributed by atoms with Gasteiger partial charge in [0.25, 0.3) is 0 Å². The second-order valence-electron chi connectivity index (χ2n) is 1.07. The van der Waals surface area contributed by atoms with Crippen molar-refractivity contribution in [2.75, 3.05) is 6.54 Å². The molecule has 0 saturated carbocycles. The number of Topliss-reactive ketones (excluding diaryl/α,β-unsaturated/α-hetero) is 1. The quantitative estimate of drug-likeness (QED) is 0.474. The summed E-state index contributed by atoms with van der Waals surface area (Å²) in [6.45, 7) is 1.70. The van der Waals surface area contributed by atoms with E-state index in [0.29, 0.717) is 6.42 Å². The first-order chi connectivity index (χ1) is 2.81. The summed E-state index contributed by atoms with van der Waals surface area (Å²) in [6, 6.07) is 0. The predicted octanol–water partition coefficient (Wildman–Crippen LogP) is 0.248. The maximum atomic E-state index is 9.99. The Hall–Kier alpha value is -0.370. The second kappa shape index (κ2) is 2.85. The number of carbonyl (C=O) groups is 1. The normalized spacial score (nSPS) is 8.33. The topological polar surface area (TPSA) is 40.9 Å². The molecule has 0 amide bonds. The van der Waals surface area contributed by atoms with Gasteiger partial charge in [-0.05, 0) is 0 Å². The van der Waals surface area contributed by atoms with E-state index in [1.165, 1.54) is 0 Å². The van der Waals surface area contributed by atoms with Gasteiger partial charge in [-0.15, -0.1) is 0 Å². The minimum Gasteiger partial charge on any atom is -0.298 e. The van der Waals surface area contributed by atoms with Gasteiger partial charge in [0.2, 0.25) is 0 Å². The Morgan fingerprint density at radius 1 is 1.83 bits per heavy atom. The maximum Gasteiger partial charge on any atom is 0.147 e. The van der Waals surface area contributed by atoms with Gasteiger partial charge in [0, 0.05) is 6.42 Å². The largest absolute Gasteiger partial charge is 0.298 e. The number of ketones is 1. The third-order valence-corrected chi connectivity index (χ3v) is 0.592. The average Bonchev–Trinajstić information content (AvgIpc) is 1.65. The molecule has 0 aliphatic rings. The first kappa shape index (κ1) is 5.63. The first-order valence-corrected chi connectivity index (χ1v) is 1.97. The van der Waals surface area contributed by atoms with Crippen molar-refractivity contribution >= 4 is 5.78 Å². The smallest absolute Gasteiger partial charge is 0.147 e. The van der Waals surface area contributed by atoms with Crippen LogP contribution >= 0.6 is 0 Å². The summed E-state index contributed by atoms with van der Waals surface area (Å²) in [7, 11) is 0. The Bertz CT molecular complexity index is 45.5. The summed E-state index contributed by atoms with van der Waals surface area (Å²) < 4.78 is 0. The number of carbonyl (C=O) groups excluding carboxylic acids is 1. The van der Waals surface area contributed by atoms with E-state index in [0.717, 1.165) is 0 Å². The SMILES string of the molecule is CCC(=O)C[NH]. The van der Waals surface area contributed by atoms with Crippen LogP contribution in [0.3, 0.4) is 0 Å². The highest BCUT2D eigenvalue weighted by molar-refractivity contribution is 5.79. The van der Waals surface area contributed by atoms with Crippen LogP contribution in [0.4, 0.5) is 0 Å². The summed E-state index contributed by atoms with van der Waals surface area (Å²) in [4.78, 5) is 9.99. The van der Waals surface area contributed by atoms with Crippen molar-refractivity contribution in [2.24, 2.45) is 0 Å². The zero-order valence-corrected chi connectivity index (χ0v) is 3.82. The zero-order valence-electron chi connectivity index (χ0n) is 3.82. The maximum absolute atomic E-state index is 9.99. The molecule has 0 rings (SSSR count). The van der Waals surface area contributed by atoms with Gasteiger partial charge in [0.05, 0.1) is 6.54 Å². The van der Waals surface area contributed by atoms with Crippen LogP contribution in [0, 0.1) is 0 Å². The lowest BCUT2D eigenvalue weighted by Gasteiger charge is -1.80. The molecule has 0 heterocycles. The molecule has 6 heavy (non-hydrogen) atoms. The third kappa shape index (κ3) is 1.91. The lowest BCUT2D eigenvalue weighted by Crippen LogP contribution is -2.01. The molecule has 2 heteroatoms. The number of hydrogen-bond donors (Lipinski definition) is 0. The second-order valence-corrected chi connectivity index (χ2v) is 1.07. The lowest BCUT2D eigenvalue weighted by molar-refractivity contribution is -0.117. The number of hydrogen-bond acceptors (Lipinski definition) is 1. The van der Waals surface area contributed by atoms with Crippen molar-refractivity contribution < 1.29 is 4.79 Å². The Kier molecular flexibility index (Phi) is 2.67. The fourth-order valence-corrected chi connectivity index (χ4v) is 0.125. The first-order valence-electron chi connectivity index (χ1n) is 1.97. The molecule has 0 saturated heterocycles. The van der Waals surface area contributed by atoms with E-state index in [4.69, 9.17) is 5.73 Å². The number of rotatable bonds is 2. The summed E-state index contributed by atoms with van der Waals surface area (Å²) in [5.74, 6) is 0.00926. The van der Waals surface area contributed by atoms with Gasteiger partial charge < -0.3 is 0 Å². The minimum atomic E-state index is -0.0590.